The van der Waals surface area contributed by atoms with Gasteiger partial charge in [0.05, 0.1) is 24.3 Å². The van der Waals surface area contributed by atoms with Crippen molar-refractivity contribution in [1.29, 1.82) is 0 Å². The molecule has 0 saturated carbocycles. The zero-order valence-corrected chi connectivity index (χ0v) is 19.6. The molecule has 0 unspecified atom stereocenters. The van der Waals surface area contributed by atoms with Gasteiger partial charge in [0.25, 0.3) is 0 Å². The van der Waals surface area contributed by atoms with Crippen LogP contribution in [0.25, 0.3) is 22.3 Å². The lowest BCUT2D eigenvalue weighted by Gasteiger charge is -2.38. The van der Waals surface area contributed by atoms with Crippen molar-refractivity contribution in [1.82, 2.24) is 0 Å². The quantitative estimate of drug-likeness (QED) is 0.194. The van der Waals surface area contributed by atoms with Gasteiger partial charge in [0.2, 0.25) is 0 Å². The van der Waals surface area contributed by atoms with Gasteiger partial charge in [0.1, 0.15) is 77.2 Å². The molecule has 38 heavy (non-hydrogen) atoms. The smallest absolute Gasteiger partial charge is 0.197 e. The molecule has 0 amide bonds. The van der Waals surface area contributed by atoms with E-state index in [2.05, 4.69) is 0 Å². The first-order valence-electron chi connectivity index (χ1n) is 11.7. The lowest BCUT2D eigenvalue weighted by Crippen LogP contribution is -2.49. The number of ether oxygens (including phenoxy) is 2. The molecule has 204 valence electrons. The summed E-state index contributed by atoms with van der Waals surface area (Å²) in [6, 6.07) is 6.60. The highest BCUT2D eigenvalue weighted by atomic mass is 16.5. The molecule has 9 N–H and O–H groups in total. The molecular weight excluding hydrogens is 508 g/mol. The zero-order valence-electron chi connectivity index (χ0n) is 19.6. The highest BCUT2D eigenvalue weighted by Crippen LogP contribution is 2.50. The van der Waals surface area contributed by atoms with Crippen LogP contribution in [0.4, 0.5) is 0 Å². The number of phenolic OH excluding ortho intramolecular Hbond substituents is 3. The van der Waals surface area contributed by atoms with Crippen molar-refractivity contribution in [3.8, 4) is 28.6 Å². The van der Waals surface area contributed by atoms with Crippen molar-refractivity contribution in [3.05, 3.63) is 51.7 Å². The minimum atomic E-state index is -1.85. The van der Waals surface area contributed by atoms with Crippen molar-refractivity contribution in [2.75, 3.05) is 13.2 Å². The second kappa shape index (κ2) is 9.80. The molecular formula is C25H26O13. The fourth-order valence-corrected chi connectivity index (χ4v) is 4.83. The summed E-state index contributed by atoms with van der Waals surface area (Å²) in [5, 5.41) is 93.1. The van der Waals surface area contributed by atoms with E-state index in [9.17, 15) is 50.8 Å². The first-order chi connectivity index (χ1) is 18.0. The Morgan fingerprint density at radius 2 is 1.21 bits per heavy atom. The van der Waals surface area contributed by atoms with Gasteiger partial charge in [0.15, 0.2) is 11.0 Å². The van der Waals surface area contributed by atoms with E-state index in [1.165, 1.54) is 24.3 Å². The number of aliphatic hydroxyl groups excluding tert-OH is 6. The summed E-state index contributed by atoms with van der Waals surface area (Å²) >= 11 is 0. The van der Waals surface area contributed by atoms with Gasteiger partial charge in [-0.25, -0.2) is 0 Å². The number of benzene rings is 2. The maximum atomic E-state index is 13.3. The van der Waals surface area contributed by atoms with E-state index < -0.39 is 101 Å². The number of aromatic hydroxyl groups is 3. The SMILES string of the molecule is O=c1cc(-c2ccc(O)cc2)oc2c([C@@H]3OC[C@H](O)[C@H](O)[C@@H]3O)c(O)c([C@@H]3OC[C@H](O)[C@@H](O)[C@@H]3O)c(O)c12. The third kappa shape index (κ3) is 4.19. The Labute approximate surface area is 213 Å². The maximum Gasteiger partial charge on any atom is 0.197 e. The Hall–Kier alpha value is -3.27. The van der Waals surface area contributed by atoms with E-state index in [-0.39, 0.29) is 11.5 Å². The van der Waals surface area contributed by atoms with E-state index >= 15 is 0 Å². The Morgan fingerprint density at radius 3 is 1.76 bits per heavy atom. The number of aliphatic hydroxyl groups is 6. The van der Waals surface area contributed by atoms with Crippen molar-refractivity contribution in [2.45, 2.75) is 48.8 Å². The predicted molar refractivity (Wildman–Crippen MR) is 126 cm³/mol. The van der Waals surface area contributed by atoms with E-state index in [1.54, 1.807) is 0 Å². The molecule has 1 aromatic heterocycles. The van der Waals surface area contributed by atoms with Crippen LogP contribution in [-0.4, -0.2) is 95.8 Å². The van der Waals surface area contributed by atoms with Crippen LogP contribution in [0.1, 0.15) is 23.3 Å². The van der Waals surface area contributed by atoms with Crippen molar-refractivity contribution < 1.29 is 59.8 Å². The largest absolute Gasteiger partial charge is 0.508 e. The summed E-state index contributed by atoms with van der Waals surface area (Å²) in [7, 11) is 0. The third-order valence-corrected chi connectivity index (χ3v) is 6.92. The molecule has 3 aromatic rings. The average Bonchev–Trinajstić information content (AvgIpc) is 2.88. The third-order valence-electron chi connectivity index (χ3n) is 6.92. The molecule has 5 rings (SSSR count). The Morgan fingerprint density at radius 1 is 0.684 bits per heavy atom. The molecule has 13 heteroatoms. The van der Waals surface area contributed by atoms with Gasteiger partial charge < -0.3 is 59.8 Å². The second-order valence-corrected chi connectivity index (χ2v) is 9.36. The van der Waals surface area contributed by atoms with Crippen LogP contribution in [-0.2, 0) is 9.47 Å². The van der Waals surface area contributed by atoms with Gasteiger partial charge in [-0.2, -0.15) is 0 Å². The minimum absolute atomic E-state index is 0.0475. The Balaban J connectivity index is 1.80. The van der Waals surface area contributed by atoms with Crippen LogP contribution in [0, 0.1) is 0 Å². The minimum Gasteiger partial charge on any atom is -0.508 e. The summed E-state index contributed by atoms with van der Waals surface area (Å²) in [4.78, 5) is 13.3. The zero-order chi connectivity index (χ0) is 27.5. The van der Waals surface area contributed by atoms with Crippen LogP contribution in [0.15, 0.2) is 39.5 Å². The van der Waals surface area contributed by atoms with Gasteiger partial charge in [0, 0.05) is 11.6 Å². The van der Waals surface area contributed by atoms with E-state index in [0.29, 0.717) is 5.56 Å². The number of fused-ring (bicyclic) bond motifs is 1. The van der Waals surface area contributed by atoms with Gasteiger partial charge in [-0.3, -0.25) is 4.79 Å². The summed E-state index contributed by atoms with van der Waals surface area (Å²) in [6.45, 7) is -0.966. The van der Waals surface area contributed by atoms with Gasteiger partial charge >= 0.3 is 0 Å². The molecule has 2 aliphatic heterocycles. The topological polar surface area (TPSA) is 231 Å². The van der Waals surface area contributed by atoms with E-state index in [1.807, 2.05) is 0 Å². The molecule has 8 atom stereocenters. The first-order valence-corrected chi connectivity index (χ1v) is 11.7. The molecule has 0 bridgehead atoms. The molecule has 0 aliphatic carbocycles. The summed E-state index contributed by atoms with van der Waals surface area (Å²) in [5.41, 5.74) is -1.86. The number of phenols is 3. The van der Waals surface area contributed by atoms with Crippen LogP contribution >= 0.6 is 0 Å². The highest BCUT2D eigenvalue weighted by Gasteiger charge is 2.46. The number of rotatable bonds is 3. The van der Waals surface area contributed by atoms with Gasteiger partial charge in [-0.05, 0) is 24.3 Å². The van der Waals surface area contributed by atoms with Crippen molar-refractivity contribution in [2.24, 2.45) is 0 Å². The van der Waals surface area contributed by atoms with Crippen LogP contribution in [0.5, 0.6) is 17.2 Å². The normalized spacial score (nSPS) is 31.9. The van der Waals surface area contributed by atoms with Crippen molar-refractivity contribution >= 4 is 11.0 Å². The molecule has 2 saturated heterocycles. The lowest BCUT2D eigenvalue weighted by molar-refractivity contribution is -0.191. The monoisotopic (exact) mass is 534 g/mol. The van der Waals surface area contributed by atoms with Gasteiger partial charge in [-0.15, -0.1) is 0 Å². The lowest BCUT2D eigenvalue weighted by atomic mass is 9.87. The van der Waals surface area contributed by atoms with Crippen LogP contribution in [0.3, 0.4) is 0 Å². The number of hydrogen-bond acceptors (Lipinski definition) is 13. The van der Waals surface area contributed by atoms with Crippen LogP contribution < -0.4 is 5.43 Å². The summed E-state index contributed by atoms with van der Waals surface area (Å²) in [5.74, 6) is -1.80. The fraction of sp³-hybridized carbons (Fsp3) is 0.400. The van der Waals surface area contributed by atoms with E-state index in [4.69, 9.17) is 13.9 Å². The Bertz CT molecular complexity index is 1400. The molecule has 0 radical (unpaired) electrons. The van der Waals surface area contributed by atoms with Crippen molar-refractivity contribution in [3.63, 3.8) is 0 Å². The molecule has 13 nitrogen and oxygen atoms in total. The van der Waals surface area contributed by atoms with Crippen LogP contribution in [0.2, 0.25) is 0 Å². The standard InChI is InChI=1S/C25H26O13/c26-9-3-1-8(2-4-9)13-5-10(27)14-19(32)15(24-21(34)17(30)11(28)6-36-24)20(33)16(23(14)38-13)25-22(35)18(31)12(29)7-37-25/h1-5,11-12,17-18,21-22,24-26,28-35H,6-7H2/t11-,12-,17+,18-,21-,22-,24-,25-/m0/s1. The molecule has 2 aliphatic rings. The maximum absolute atomic E-state index is 13.3. The molecule has 0 spiro atoms. The molecule has 3 heterocycles. The second-order valence-electron chi connectivity index (χ2n) is 9.36. The molecule has 2 aromatic carbocycles. The number of hydrogen-bond donors (Lipinski definition) is 9. The summed E-state index contributed by atoms with van der Waals surface area (Å²) < 4.78 is 16.8. The first kappa shape index (κ1) is 26.3. The Kier molecular flexibility index (Phi) is 6.79. The fourth-order valence-electron chi connectivity index (χ4n) is 4.83. The van der Waals surface area contributed by atoms with E-state index in [0.717, 1.165) is 6.07 Å². The predicted octanol–water partition coefficient (Wildman–Crippen LogP) is -1.12. The summed E-state index contributed by atoms with van der Waals surface area (Å²) in [6.07, 6.45) is -13.3. The highest BCUT2D eigenvalue weighted by molar-refractivity contribution is 5.91. The average molecular weight is 534 g/mol. The van der Waals surface area contributed by atoms with Gasteiger partial charge in [-0.1, -0.05) is 0 Å². The molecule has 2 fully saturated rings.